The number of anilines is 1. The van der Waals surface area contributed by atoms with Gasteiger partial charge in [-0.2, -0.15) is 0 Å². The maximum absolute atomic E-state index is 12.5. The number of hydrogen-bond donors (Lipinski definition) is 2. The van der Waals surface area contributed by atoms with Crippen LogP contribution in [0.1, 0.15) is 0 Å². The smallest absolute Gasteiger partial charge is 0.507 e. The van der Waals surface area contributed by atoms with Gasteiger partial charge in [-0.1, -0.05) is 15.9 Å². The number of benzene rings is 2. The molecular formula is C14H11BrF3NO6S2. The zero-order valence-electron chi connectivity index (χ0n) is 13.3. The Morgan fingerprint density at radius 3 is 2.26 bits per heavy atom. The van der Waals surface area contributed by atoms with Gasteiger partial charge in [-0.05, 0) is 30.3 Å². The van der Waals surface area contributed by atoms with Gasteiger partial charge in [0.2, 0.25) is 0 Å². The highest BCUT2D eigenvalue weighted by atomic mass is 79.9. The van der Waals surface area contributed by atoms with Gasteiger partial charge in [0.05, 0.1) is 10.6 Å². The maximum atomic E-state index is 12.5. The summed E-state index contributed by atoms with van der Waals surface area (Å²) in [6.45, 7) is 0. The minimum atomic E-state index is -5.12. The minimum Gasteiger partial charge on any atom is -0.507 e. The van der Waals surface area contributed by atoms with Crippen LogP contribution in [0.15, 0.2) is 50.7 Å². The van der Waals surface area contributed by atoms with Crippen molar-refractivity contribution in [2.24, 2.45) is 0 Å². The van der Waals surface area contributed by atoms with Crippen LogP contribution >= 0.6 is 15.9 Å². The van der Waals surface area contributed by atoms with Crippen molar-refractivity contribution in [1.82, 2.24) is 0 Å². The molecule has 148 valence electrons. The summed E-state index contributed by atoms with van der Waals surface area (Å²) in [5.41, 5.74) is -0.503. The molecule has 0 aromatic heterocycles. The number of phenolic OH excluding ortho intramolecular Hbond substituents is 1. The molecule has 0 radical (unpaired) electrons. The van der Waals surface area contributed by atoms with Crippen molar-refractivity contribution in [1.29, 1.82) is 0 Å². The first-order valence-corrected chi connectivity index (χ1v) is 11.0. The van der Waals surface area contributed by atoms with Crippen LogP contribution in [0.5, 0.6) is 11.5 Å². The molecule has 0 saturated carbocycles. The van der Waals surface area contributed by atoms with E-state index in [-0.39, 0.29) is 0 Å². The molecule has 0 atom stereocenters. The quantitative estimate of drug-likeness (QED) is 0.666. The Balaban J connectivity index is 2.54. The summed E-state index contributed by atoms with van der Waals surface area (Å²) in [6, 6.07) is 5.61. The molecule has 0 aliphatic rings. The Labute approximate surface area is 160 Å². The van der Waals surface area contributed by atoms with E-state index in [1.54, 1.807) is 0 Å². The average molecular weight is 490 g/mol. The molecule has 0 amide bonds. The number of ether oxygens (including phenoxy) is 1. The molecule has 0 aliphatic carbocycles. The van der Waals surface area contributed by atoms with Gasteiger partial charge in [-0.3, -0.25) is 4.72 Å². The van der Waals surface area contributed by atoms with E-state index in [0.29, 0.717) is 16.6 Å². The van der Waals surface area contributed by atoms with Crippen LogP contribution in [0.3, 0.4) is 0 Å². The van der Waals surface area contributed by atoms with Crippen LogP contribution in [-0.4, -0.2) is 34.6 Å². The molecule has 7 nitrogen and oxygen atoms in total. The number of phenols is 1. The molecule has 2 N–H and O–H groups in total. The van der Waals surface area contributed by atoms with E-state index in [1.807, 2.05) is 4.72 Å². The first kappa shape index (κ1) is 21.3. The monoisotopic (exact) mass is 489 g/mol. The van der Waals surface area contributed by atoms with Crippen molar-refractivity contribution in [2.45, 2.75) is 16.2 Å². The second kappa shape index (κ2) is 7.20. The van der Waals surface area contributed by atoms with Crippen LogP contribution in [0.25, 0.3) is 0 Å². The minimum absolute atomic E-state index is 0.312. The highest BCUT2D eigenvalue weighted by Crippen LogP contribution is 2.32. The molecule has 0 bridgehead atoms. The van der Waals surface area contributed by atoms with Gasteiger partial charge in [0.1, 0.15) is 16.4 Å². The van der Waals surface area contributed by atoms with E-state index >= 15 is 0 Å². The summed E-state index contributed by atoms with van der Waals surface area (Å²) in [7, 11) is -8.43. The second-order valence-electron chi connectivity index (χ2n) is 5.23. The van der Waals surface area contributed by atoms with Gasteiger partial charge in [0.25, 0.3) is 10.0 Å². The Morgan fingerprint density at radius 2 is 1.70 bits per heavy atom. The lowest BCUT2D eigenvalue weighted by molar-refractivity contribution is -0.274. The molecular weight excluding hydrogens is 479 g/mol. The third-order valence-corrected chi connectivity index (χ3v) is 6.00. The lowest BCUT2D eigenvalue weighted by atomic mass is 10.3. The molecule has 0 unspecified atom stereocenters. The summed E-state index contributed by atoms with van der Waals surface area (Å²) in [6.07, 6.45) is -4.38. The molecule has 0 fully saturated rings. The van der Waals surface area contributed by atoms with Crippen LogP contribution in [-0.2, 0) is 19.9 Å². The topological polar surface area (TPSA) is 110 Å². The van der Waals surface area contributed by atoms with Crippen molar-refractivity contribution in [2.75, 3.05) is 11.0 Å². The third kappa shape index (κ3) is 5.74. The third-order valence-electron chi connectivity index (χ3n) is 3.01. The largest absolute Gasteiger partial charge is 0.573 e. The molecule has 0 saturated heterocycles. The van der Waals surface area contributed by atoms with Crippen molar-refractivity contribution >= 4 is 41.5 Å². The van der Waals surface area contributed by atoms with E-state index in [2.05, 4.69) is 20.7 Å². The molecule has 0 aliphatic heterocycles. The molecule has 2 aromatic carbocycles. The van der Waals surface area contributed by atoms with Crippen molar-refractivity contribution in [3.63, 3.8) is 0 Å². The molecule has 2 aromatic rings. The van der Waals surface area contributed by atoms with Gasteiger partial charge in [-0.25, -0.2) is 16.8 Å². The van der Waals surface area contributed by atoms with Crippen molar-refractivity contribution in [3.8, 4) is 11.5 Å². The Kier molecular flexibility index (Phi) is 5.69. The molecule has 0 heterocycles. The summed E-state index contributed by atoms with van der Waals surface area (Å²) in [5.74, 6) is -1.54. The number of hydrogen-bond acceptors (Lipinski definition) is 6. The van der Waals surface area contributed by atoms with E-state index in [9.17, 15) is 35.1 Å². The fraction of sp³-hybridized carbons (Fsp3) is 0.143. The summed E-state index contributed by atoms with van der Waals surface area (Å²) < 4.78 is 91.5. The van der Waals surface area contributed by atoms with E-state index in [1.165, 1.54) is 6.07 Å². The lowest BCUT2D eigenvalue weighted by Gasteiger charge is -2.14. The average Bonchev–Trinajstić information content (AvgIpc) is 2.46. The number of nitrogens with one attached hydrogen (secondary N) is 1. The fourth-order valence-corrected chi connectivity index (χ4v) is 4.30. The second-order valence-corrected chi connectivity index (χ2v) is 9.81. The summed E-state index contributed by atoms with van der Waals surface area (Å²) in [4.78, 5) is -1.17. The van der Waals surface area contributed by atoms with Gasteiger partial charge in [-0.15, -0.1) is 13.2 Å². The lowest BCUT2D eigenvalue weighted by Crippen LogP contribution is -2.18. The molecule has 13 heteroatoms. The Morgan fingerprint density at radius 1 is 1.07 bits per heavy atom. The van der Waals surface area contributed by atoms with Gasteiger partial charge in [0.15, 0.2) is 9.84 Å². The number of rotatable bonds is 5. The predicted octanol–water partition coefficient (Wildman–Crippen LogP) is 3.26. The highest BCUT2D eigenvalue weighted by Gasteiger charge is 2.32. The SMILES string of the molecule is CS(=O)(=O)c1cc(NS(=O)(=O)c2cc(Br)ccc2O)cc(OC(F)(F)F)c1. The fourth-order valence-electron chi connectivity index (χ4n) is 1.95. The maximum Gasteiger partial charge on any atom is 0.573 e. The van der Waals surface area contributed by atoms with Gasteiger partial charge in [0, 0.05) is 16.8 Å². The zero-order chi connectivity index (χ0) is 20.6. The summed E-state index contributed by atoms with van der Waals surface area (Å²) >= 11 is 3.03. The first-order valence-electron chi connectivity index (χ1n) is 6.80. The van der Waals surface area contributed by atoms with E-state index in [0.717, 1.165) is 24.5 Å². The van der Waals surface area contributed by atoms with E-state index < -0.39 is 53.2 Å². The number of alkyl halides is 3. The number of sulfone groups is 1. The molecule has 0 spiro atoms. The number of sulfonamides is 1. The van der Waals surface area contributed by atoms with Crippen LogP contribution in [0.4, 0.5) is 18.9 Å². The van der Waals surface area contributed by atoms with Crippen molar-refractivity contribution < 1.29 is 39.9 Å². The van der Waals surface area contributed by atoms with Gasteiger partial charge < -0.3 is 9.84 Å². The van der Waals surface area contributed by atoms with Crippen molar-refractivity contribution in [3.05, 3.63) is 40.9 Å². The molecule has 27 heavy (non-hydrogen) atoms. The number of halogens is 4. The summed E-state index contributed by atoms with van der Waals surface area (Å²) in [5, 5.41) is 9.73. The normalized spacial score (nSPS) is 12.6. The van der Waals surface area contributed by atoms with Crippen LogP contribution in [0.2, 0.25) is 0 Å². The first-order chi connectivity index (χ1) is 12.2. The number of aromatic hydroxyl groups is 1. The Hall–Kier alpha value is -1.99. The molecule has 2 rings (SSSR count). The van der Waals surface area contributed by atoms with Crippen LogP contribution in [0, 0.1) is 0 Å². The zero-order valence-corrected chi connectivity index (χ0v) is 16.5. The predicted molar refractivity (Wildman–Crippen MR) is 92.9 cm³/mol. The van der Waals surface area contributed by atoms with Gasteiger partial charge >= 0.3 is 6.36 Å². The highest BCUT2D eigenvalue weighted by molar-refractivity contribution is 9.10. The van der Waals surface area contributed by atoms with Crippen LogP contribution < -0.4 is 9.46 Å². The Bertz CT molecular complexity index is 1080. The van der Waals surface area contributed by atoms with E-state index in [4.69, 9.17) is 0 Å². The standard InChI is InChI=1S/C14H11BrF3NO6S2/c1-26(21,22)11-6-9(5-10(7-11)25-14(16,17)18)19-27(23,24)13-4-8(15)2-3-12(13)20/h2-7,19-20H,1H3.